The number of aryl methyl sites for hydroxylation is 1. The number of hydrogen-bond acceptors (Lipinski definition) is 7. The number of rotatable bonds is 7. The molecule has 1 N–H and O–H groups in total. The summed E-state index contributed by atoms with van der Waals surface area (Å²) in [6, 6.07) is 10.5. The number of amides is 2. The average Bonchev–Trinajstić information content (AvgIpc) is 3.38. The SMILES string of the molecule is CN(C(=O)c1ccc2c(c1)nc(-c1cc3cccnc3n1CC1CC1)n2C)[C@H]1CN(C(=O)O)C[C@H]1OS(C)(=O)=O. The third-order valence-corrected chi connectivity index (χ3v) is 8.37. The maximum absolute atomic E-state index is 13.5. The van der Waals surface area contributed by atoms with Crippen molar-refractivity contribution in [3.63, 3.8) is 0 Å². The molecule has 6 rings (SSSR count). The van der Waals surface area contributed by atoms with Gasteiger partial charge in [0.25, 0.3) is 16.0 Å². The summed E-state index contributed by atoms with van der Waals surface area (Å²) >= 11 is 0. The molecule has 1 aromatic carbocycles. The van der Waals surface area contributed by atoms with Crippen LogP contribution in [0.2, 0.25) is 0 Å². The van der Waals surface area contributed by atoms with E-state index in [1.54, 1.807) is 18.3 Å². The molecule has 4 heterocycles. The number of likely N-dealkylation sites (tertiary alicyclic amines) is 1. The fraction of sp³-hybridized carbons (Fsp3) is 0.407. The number of imidazole rings is 1. The van der Waals surface area contributed by atoms with Crippen LogP contribution in [0.25, 0.3) is 33.6 Å². The van der Waals surface area contributed by atoms with Crippen molar-refractivity contribution in [1.82, 2.24) is 28.9 Å². The van der Waals surface area contributed by atoms with Crippen LogP contribution in [0, 0.1) is 5.92 Å². The van der Waals surface area contributed by atoms with Crippen LogP contribution < -0.4 is 0 Å². The number of likely N-dealkylation sites (N-methyl/N-ethyl adjacent to an activating group) is 1. The van der Waals surface area contributed by atoms with Gasteiger partial charge in [0.15, 0.2) is 5.82 Å². The third kappa shape index (κ3) is 4.79. The Bertz CT molecular complexity index is 1760. The second-order valence-electron chi connectivity index (χ2n) is 10.7. The lowest BCUT2D eigenvalue weighted by atomic mass is 10.1. The van der Waals surface area contributed by atoms with E-state index in [1.807, 2.05) is 29.8 Å². The number of pyridine rings is 1. The minimum atomic E-state index is -3.86. The molecule has 0 spiro atoms. The molecule has 2 atom stereocenters. The second-order valence-corrected chi connectivity index (χ2v) is 12.3. The zero-order valence-corrected chi connectivity index (χ0v) is 23.2. The Morgan fingerprint density at radius 3 is 2.65 bits per heavy atom. The lowest BCUT2D eigenvalue weighted by molar-refractivity contribution is 0.0631. The monoisotopic (exact) mass is 566 g/mol. The maximum atomic E-state index is 13.5. The van der Waals surface area contributed by atoms with Crippen LogP contribution in [0.4, 0.5) is 4.79 Å². The van der Waals surface area contributed by atoms with Gasteiger partial charge in [0.2, 0.25) is 0 Å². The molecule has 210 valence electrons. The van der Waals surface area contributed by atoms with E-state index in [-0.39, 0.29) is 19.0 Å². The van der Waals surface area contributed by atoms with Gasteiger partial charge in [-0.15, -0.1) is 0 Å². The number of nitrogens with zero attached hydrogens (tertiary/aromatic N) is 6. The quantitative estimate of drug-likeness (QED) is 0.337. The first-order chi connectivity index (χ1) is 19.0. The van der Waals surface area contributed by atoms with Crippen LogP contribution in [0.3, 0.4) is 0 Å². The third-order valence-electron chi connectivity index (χ3n) is 7.77. The highest BCUT2D eigenvalue weighted by Crippen LogP contribution is 2.36. The molecule has 0 bridgehead atoms. The van der Waals surface area contributed by atoms with E-state index in [4.69, 9.17) is 9.17 Å². The molecule has 12 nitrogen and oxygen atoms in total. The van der Waals surface area contributed by atoms with Gasteiger partial charge in [0.1, 0.15) is 11.8 Å². The largest absolute Gasteiger partial charge is 0.465 e. The summed E-state index contributed by atoms with van der Waals surface area (Å²) in [5.74, 6) is 1.01. The summed E-state index contributed by atoms with van der Waals surface area (Å²) in [6.07, 6.45) is 2.89. The van der Waals surface area contributed by atoms with Crippen molar-refractivity contribution in [2.45, 2.75) is 31.5 Å². The molecule has 0 radical (unpaired) electrons. The van der Waals surface area contributed by atoms with Gasteiger partial charge in [-0.25, -0.2) is 14.8 Å². The zero-order chi connectivity index (χ0) is 28.3. The Morgan fingerprint density at radius 2 is 1.95 bits per heavy atom. The Kier molecular flexibility index (Phi) is 6.30. The summed E-state index contributed by atoms with van der Waals surface area (Å²) in [5.41, 5.74) is 3.72. The van der Waals surface area contributed by atoms with E-state index in [2.05, 4.69) is 15.6 Å². The van der Waals surface area contributed by atoms with Crippen molar-refractivity contribution in [3.05, 3.63) is 48.2 Å². The Labute approximate surface area is 230 Å². The standard InChI is InChI=1S/C27H30N6O6S/c1-30-20-9-8-18(26(34)31(2)22-14-32(27(35)36)15-23(22)39-40(3,37)38)11-19(20)29-25(30)21-12-17-5-4-10-28-24(17)33(21)13-16-6-7-16/h4-5,8-12,16,22-23H,6-7,13-15H2,1-3H3,(H,35,36)/t22-,23+/m0/s1. The predicted octanol–water partition coefficient (Wildman–Crippen LogP) is 2.78. The van der Waals surface area contributed by atoms with Crippen LogP contribution in [-0.4, -0.2) is 93.0 Å². The van der Waals surface area contributed by atoms with Gasteiger partial charge >= 0.3 is 6.09 Å². The smallest absolute Gasteiger partial charge is 0.407 e. The summed E-state index contributed by atoms with van der Waals surface area (Å²) in [5, 5.41) is 10.5. The predicted molar refractivity (Wildman–Crippen MR) is 147 cm³/mol. The second kappa shape index (κ2) is 9.59. The highest BCUT2D eigenvalue weighted by atomic mass is 32.2. The Morgan fingerprint density at radius 1 is 1.18 bits per heavy atom. The summed E-state index contributed by atoms with van der Waals surface area (Å²) < 4.78 is 33.0. The number of fused-ring (bicyclic) bond motifs is 2. The Balaban J connectivity index is 1.33. The molecular formula is C27H30N6O6S. The van der Waals surface area contributed by atoms with E-state index < -0.39 is 28.4 Å². The number of carbonyl (C=O) groups excluding carboxylic acids is 1. The Hall–Kier alpha value is -3.97. The first-order valence-electron chi connectivity index (χ1n) is 13.0. The van der Waals surface area contributed by atoms with E-state index in [0.29, 0.717) is 17.0 Å². The fourth-order valence-electron chi connectivity index (χ4n) is 5.54. The molecule has 2 aliphatic rings. The highest BCUT2D eigenvalue weighted by Gasteiger charge is 2.42. The zero-order valence-electron chi connectivity index (χ0n) is 22.4. The van der Waals surface area contributed by atoms with Gasteiger partial charge in [-0.05, 0) is 55.2 Å². The lowest BCUT2D eigenvalue weighted by Crippen LogP contribution is -2.46. The summed E-state index contributed by atoms with van der Waals surface area (Å²) in [6.45, 7) is 0.656. The molecular weight excluding hydrogens is 536 g/mol. The fourth-order valence-corrected chi connectivity index (χ4v) is 6.17. The average molecular weight is 567 g/mol. The topological polar surface area (TPSA) is 140 Å². The maximum Gasteiger partial charge on any atom is 0.407 e. The molecule has 4 aromatic rings. The number of aromatic nitrogens is 4. The van der Waals surface area contributed by atoms with Crippen molar-refractivity contribution < 1.29 is 27.3 Å². The minimum absolute atomic E-state index is 0.0622. The first-order valence-corrected chi connectivity index (χ1v) is 14.9. The van der Waals surface area contributed by atoms with Gasteiger partial charge in [-0.1, -0.05) is 0 Å². The molecule has 13 heteroatoms. The molecule has 40 heavy (non-hydrogen) atoms. The van der Waals surface area contributed by atoms with E-state index in [1.165, 1.54) is 24.8 Å². The lowest BCUT2D eigenvalue weighted by Gasteiger charge is -2.28. The van der Waals surface area contributed by atoms with Crippen LogP contribution in [0.15, 0.2) is 42.6 Å². The van der Waals surface area contributed by atoms with Crippen LogP contribution >= 0.6 is 0 Å². The normalized spacial score (nSPS) is 19.5. The van der Waals surface area contributed by atoms with Crippen LogP contribution in [-0.2, 0) is 27.9 Å². The molecule has 2 fully saturated rings. The minimum Gasteiger partial charge on any atom is -0.465 e. The van der Waals surface area contributed by atoms with Crippen molar-refractivity contribution >= 4 is 44.2 Å². The first kappa shape index (κ1) is 26.3. The van der Waals surface area contributed by atoms with Gasteiger partial charge in [-0.3, -0.25) is 8.98 Å². The van der Waals surface area contributed by atoms with Crippen LogP contribution in [0.5, 0.6) is 0 Å². The summed E-state index contributed by atoms with van der Waals surface area (Å²) in [7, 11) is -0.401. The molecule has 0 unspecified atom stereocenters. The molecule has 1 saturated heterocycles. The number of hydrogen-bond donors (Lipinski definition) is 1. The van der Waals surface area contributed by atoms with Crippen LogP contribution in [0.1, 0.15) is 23.2 Å². The highest BCUT2D eigenvalue weighted by molar-refractivity contribution is 7.86. The van der Waals surface area contributed by atoms with Gasteiger partial charge in [-0.2, -0.15) is 8.42 Å². The van der Waals surface area contributed by atoms with Gasteiger partial charge < -0.3 is 24.0 Å². The molecule has 2 amide bonds. The van der Waals surface area contributed by atoms with E-state index in [0.717, 1.165) is 45.8 Å². The van der Waals surface area contributed by atoms with Crippen molar-refractivity contribution in [1.29, 1.82) is 0 Å². The number of benzene rings is 1. The molecule has 1 aliphatic carbocycles. The molecule has 3 aromatic heterocycles. The van der Waals surface area contributed by atoms with Gasteiger partial charge in [0.05, 0.1) is 35.6 Å². The van der Waals surface area contributed by atoms with E-state index >= 15 is 0 Å². The summed E-state index contributed by atoms with van der Waals surface area (Å²) in [4.78, 5) is 37.0. The molecule has 1 saturated carbocycles. The number of carboxylic acid groups (broad SMARTS) is 1. The number of carbonyl (C=O) groups is 2. The van der Waals surface area contributed by atoms with Crippen molar-refractivity contribution in [2.75, 3.05) is 26.4 Å². The van der Waals surface area contributed by atoms with E-state index in [9.17, 15) is 23.1 Å². The molecule has 1 aliphatic heterocycles. The van der Waals surface area contributed by atoms with Gasteiger partial charge in [0, 0.05) is 44.3 Å². The van der Waals surface area contributed by atoms with Crippen molar-refractivity contribution in [3.8, 4) is 11.5 Å². The van der Waals surface area contributed by atoms with Crippen molar-refractivity contribution in [2.24, 2.45) is 13.0 Å².